The molecule has 0 unspecified atom stereocenters. The van der Waals surface area contributed by atoms with Crippen molar-refractivity contribution >= 4 is 58.3 Å². The molecule has 36 heavy (non-hydrogen) atoms. The Morgan fingerprint density at radius 3 is 1.25 bits per heavy atom. The third-order valence-corrected chi connectivity index (χ3v) is 7.34. The average Bonchev–Trinajstić information content (AvgIpc) is 2.89. The molecular formula is C28H26N4O2S2. The van der Waals surface area contributed by atoms with Gasteiger partial charge < -0.3 is 21.3 Å². The van der Waals surface area contributed by atoms with E-state index in [4.69, 9.17) is 0 Å². The molecule has 0 aliphatic rings. The predicted molar refractivity (Wildman–Crippen MR) is 152 cm³/mol. The van der Waals surface area contributed by atoms with Crippen molar-refractivity contribution in [1.82, 2.24) is 0 Å². The number of hydrogen-bond acceptors (Lipinski definition) is 4. The van der Waals surface area contributed by atoms with E-state index in [2.05, 4.69) is 21.3 Å². The summed E-state index contributed by atoms with van der Waals surface area (Å²) in [6, 6.07) is 33.6. The largest absolute Gasteiger partial charge is 0.323 e. The van der Waals surface area contributed by atoms with Crippen molar-refractivity contribution in [3.63, 3.8) is 0 Å². The first kappa shape index (κ1) is 25.2. The highest BCUT2D eigenvalue weighted by molar-refractivity contribution is 8.03. The first-order valence-electron chi connectivity index (χ1n) is 11.4. The van der Waals surface area contributed by atoms with Gasteiger partial charge in [0.2, 0.25) is 0 Å². The molecule has 8 heteroatoms. The molecule has 0 aromatic heterocycles. The molecule has 4 amide bonds. The van der Waals surface area contributed by atoms with Crippen molar-refractivity contribution in [1.29, 1.82) is 0 Å². The second kappa shape index (κ2) is 13.3. The van der Waals surface area contributed by atoms with Crippen LogP contribution < -0.4 is 21.3 Å². The Bertz CT molecular complexity index is 1190. The molecule has 6 nitrogen and oxygen atoms in total. The van der Waals surface area contributed by atoms with Gasteiger partial charge in [-0.05, 0) is 48.5 Å². The van der Waals surface area contributed by atoms with Crippen LogP contribution in [0.2, 0.25) is 0 Å². The monoisotopic (exact) mass is 514 g/mol. The van der Waals surface area contributed by atoms with Crippen LogP contribution in [-0.2, 0) is 0 Å². The zero-order valence-corrected chi connectivity index (χ0v) is 21.1. The van der Waals surface area contributed by atoms with Crippen molar-refractivity contribution in [2.45, 2.75) is 9.79 Å². The highest BCUT2D eigenvalue weighted by Gasteiger charge is 2.09. The van der Waals surface area contributed by atoms with E-state index in [9.17, 15) is 9.59 Å². The third kappa shape index (κ3) is 7.83. The smallest absolute Gasteiger partial charge is 0.308 e. The fourth-order valence-electron chi connectivity index (χ4n) is 3.31. The van der Waals surface area contributed by atoms with Gasteiger partial charge in [-0.3, -0.25) is 0 Å². The number of amides is 4. The topological polar surface area (TPSA) is 82.3 Å². The number of para-hydroxylation sites is 4. The molecule has 4 aromatic rings. The van der Waals surface area contributed by atoms with Gasteiger partial charge in [0.25, 0.3) is 0 Å². The highest BCUT2D eigenvalue weighted by atomic mass is 32.2. The molecule has 0 aliphatic heterocycles. The standard InChI is InChI=1S/C28H26N4O2S2/c33-27(29-21-11-3-1-4-12-21)31-23-15-7-9-17-25(23)35-19-20-36-26-18-10-8-16-24(26)32-28(34)30-22-13-5-2-6-14-22/h1-18H,19-20H2,(H2,29,31,33)(H2,30,32,34). The van der Waals surface area contributed by atoms with Gasteiger partial charge in [-0.15, -0.1) is 23.5 Å². The van der Waals surface area contributed by atoms with Crippen molar-refractivity contribution < 1.29 is 9.59 Å². The minimum atomic E-state index is -0.280. The quantitative estimate of drug-likeness (QED) is 0.135. The Labute approximate surface area is 219 Å². The zero-order valence-electron chi connectivity index (χ0n) is 19.4. The minimum absolute atomic E-state index is 0.280. The molecule has 0 bridgehead atoms. The highest BCUT2D eigenvalue weighted by Crippen LogP contribution is 2.31. The van der Waals surface area contributed by atoms with E-state index in [0.29, 0.717) is 0 Å². The van der Waals surface area contributed by atoms with E-state index in [-0.39, 0.29) is 12.1 Å². The van der Waals surface area contributed by atoms with Gasteiger partial charge in [0, 0.05) is 32.7 Å². The van der Waals surface area contributed by atoms with Crippen molar-refractivity contribution in [2.24, 2.45) is 0 Å². The molecule has 0 saturated heterocycles. The molecule has 0 fully saturated rings. The number of rotatable bonds is 9. The molecule has 0 aliphatic carbocycles. The summed E-state index contributed by atoms with van der Waals surface area (Å²) in [6.07, 6.45) is 0. The molecule has 0 atom stereocenters. The van der Waals surface area contributed by atoms with Gasteiger partial charge in [0.05, 0.1) is 11.4 Å². The predicted octanol–water partition coefficient (Wildman–Crippen LogP) is 7.86. The molecular weight excluding hydrogens is 488 g/mol. The van der Waals surface area contributed by atoms with Crippen molar-refractivity contribution in [2.75, 3.05) is 32.8 Å². The summed E-state index contributed by atoms with van der Waals surface area (Å²) in [6.45, 7) is 0. The molecule has 0 saturated carbocycles. The summed E-state index contributed by atoms with van der Waals surface area (Å²) in [4.78, 5) is 26.8. The Morgan fingerprint density at radius 2 is 0.833 bits per heavy atom. The van der Waals surface area contributed by atoms with Crippen LogP contribution in [0.3, 0.4) is 0 Å². The minimum Gasteiger partial charge on any atom is -0.308 e. The zero-order chi connectivity index (χ0) is 25.0. The van der Waals surface area contributed by atoms with Gasteiger partial charge in [-0.1, -0.05) is 60.7 Å². The number of nitrogens with one attached hydrogen (secondary N) is 4. The van der Waals surface area contributed by atoms with Crippen LogP contribution in [0.15, 0.2) is 119 Å². The lowest BCUT2D eigenvalue weighted by Crippen LogP contribution is -2.19. The number of anilines is 4. The molecule has 4 rings (SSSR count). The fourth-order valence-corrected chi connectivity index (χ4v) is 5.31. The summed E-state index contributed by atoms with van der Waals surface area (Å²) in [5, 5.41) is 11.6. The van der Waals surface area contributed by atoms with E-state index in [1.165, 1.54) is 0 Å². The van der Waals surface area contributed by atoms with Crippen LogP contribution >= 0.6 is 23.5 Å². The van der Waals surface area contributed by atoms with E-state index < -0.39 is 0 Å². The second-order valence-corrected chi connectivity index (χ2v) is 9.85. The van der Waals surface area contributed by atoms with Crippen LogP contribution in [0.4, 0.5) is 32.3 Å². The normalized spacial score (nSPS) is 10.3. The number of thioether (sulfide) groups is 2. The SMILES string of the molecule is O=C(Nc1ccccc1)Nc1ccccc1SCCSc1ccccc1NC(=O)Nc1ccccc1. The van der Waals surface area contributed by atoms with Gasteiger partial charge in [0.15, 0.2) is 0 Å². The van der Waals surface area contributed by atoms with E-state index in [0.717, 1.165) is 44.0 Å². The van der Waals surface area contributed by atoms with Crippen LogP contribution in [0, 0.1) is 0 Å². The molecule has 0 spiro atoms. The second-order valence-electron chi connectivity index (χ2n) is 7.58. The maximum absolute atomic E-state index is 12.4. The van der Waals surface area contributed by atoms with Crippen LogP contribution in [-0.4, -0.2) is 23.6 Å². The van der Waals surface area contributed by atoms with Crippen LogP contribution in [0.5, 0.6) is 0 Å². The number of urea groups is 2. The van der Waals surface area contributed by atoms with Gasteiger partial charge in [-0.2, -0.15) is 0 Å². The molecule has 4 aromatic carbocycles. The van der Waals surface area contributed by atoms with Crippen LogP contribution in [0.1, 0.15) is 0 Å². The van der Waals surface area contributed by atoms with Gasteiger partial charge >= 0.3 is 12.1 Å². The third-order valence-electron chi connectivity index (χ3n) is 4.93. The number of carbonyl (C=O) groups is 2. The first-order chi connectivity index (χ1) is 17.7. The van der Waals surface area contributed by atoms with E-state index in [1.807, 2.05) is 109 Å². The summed E-state index contributed by atoms with van der Waals surface area (Å²) >= 11 is 3.35. The Balaban J connectivity index is 1.28. The summed E-state index contributed by atoms with van der Waals surface area (Å²) < 4.78 is 0. The summed E-state index contributed by atoms with van der Waals surface area (Å²) in [5.74, 6) is 1.66. The maximum atomic E-state index is 12.4. The fraction of sp³-hybridized carbons (Fsp3) is 0.0714. The number of hydrogen-bond donors (Lipinski definition) is 4. The number of carbonyl (C=O) groups excluding carboxylic acids is 2. The Morgan fingerprint density at radius 1 is 0.472 bits per heavy atom. The molecule has 182 valence electrons. The van der Waals surface area contributed by atoms with Gasteiger partial charge in [0.1, 0.15) is 0 Å². The maximum Gasteiger partial charge on any atom is 0.323 e. The van der Waals surface area contributed by atoms with E-state index in [1.54, 1.807) is 23.5 Å². The number of benzene rings is 4. The van der Waals surface area contributed by atoms with Crippen LogP contribution in [0.25, 0.3) is 0 Å². The average molecular weight is 515 g/mol. The lowest BCUT2D eigenvalue weighted by atomic mass is 10.3. The lowest BCUT2D eigenvalue weighted by molar-refractivity contribution is 0.261. The Kier molecular flexibility index (Phi) is 9.30. The van der Waals surface area contributed by atoms with Crippen molar-refractivity contribution in [3.05, 3.63) is 109 Å². The summed E-state index contributed by atoms with van der Waals surface area (Å²) in [5.41, 5.74) is 3.00. The summed E-state index contributed by atoms with van der Waals surface area (Å²) in [7, 11) is 0. The lowest BCUT2D eigenvalue weighted by Gasteiger charge is -2.13. The van der Waals surface area contributed by atoms with E-state index >= 15 is 0 Å². The Hall–Kier alpha value is -3.88. The first-order valence-corrected chi connectivity index (χ1v) is 13.3. The molecule has 0 radical (unpaired) electrons. The molecule has 0 heterocycles. The van der Waals surface area contributed by atoms with Gasteiger partial charge in [-0.25, -0.2) is 9.59 Å². The molecule has 4 N–H and O–H groups in total. The van der Waals surface area contributed by atoms with Crippen molar-refractivity contribution in [3.8, 4) is 0 Å².